The largest absolute Gasteiger partial charge is 0.497 e. The second kappa shape index (κ2) is 7.59. The molecule has 0 bridgehead atoms. The molecule has 3 nitrogen and oxygen atoms in total. The van der Waals surface area contributed by atoms with Gasteiger partial charge in [0.25, 0.3) is 5.91 Å². The quantitative estimate of drug-likeness (QED) is 0.815. The number of amides is 1. The van der Waals surface area contributed by atoms with Crippen molar-refractivity contribution < 1.29 is 13.9 Å². The van der Waals surface area contributed by atoms with E-state index in [1.165, 1.54) is 18.2 Å². The summed E-state index contributed by atoms with van der Waals surface area (Å²) in [7, 11) is 1.61. The second-order valence-electron chi connectivity index (χ2n) is 5.59. The van der Waals surface area contributed by atoms with E-state index in [1.54, 1.807) is 7.11 Å². The van der Waals surface area contributed by atoms with E-state index in [1.807, 2.05) is 38.1 Å². The maximum atomic E-state index is 13.4. The van der Waals surface area contributed by atoms with Crippen molar-refractivity contribution in [1.29, 1.82) is 0 Å². The molecule has 122 valence electrons. The van der Waals surface area contributed by atoms with E-state index in [-0.39, 0.29) is 23.4 Å². The van der Waals surface area contributed by atoms with Crippen LogP contribution in [-0.4, -0.2) is 13.0 Å². The van der Waals surface area contributed by atoms with Gasteiger partial charge in [0.1, 0.15) is 11.6 Å². The summed E-state index contributed by atoms with van der Waals surface area (Å²) >= 11 is 3.29. The third kappa shape index (κ3) is 4.32. The molecular weight excluding hydrogens is 361 g/mol. The fourth-order valence-corrected chi connectivity index (χ4v) is 2.76. The fourth-order valence-electron chi connectivity index (χ4n) is 2.34. The Hall–Kier alpha value is -1.88. The fraction of sp³-hybridized carbons (Fsp3) is 0.278. The van der Waals surface area contributed by atoms with Crippen LogP contribution in [0.4, 0.5) is 4.39 Å². The van der Waals surface area contributed by atoms with E-state index in [4.69, 9.17) is 4.74 Å². The van der Waals surface area contributed by atoms with Crippen LogP contribution >= 0.6 is 15.9 Å². The highest BCUT2D eigenvalue weighted by molar-refractivity contribution is 9.10. The molecule has 0 aliphatic rings. The molecule has 1 N–H and O–H groups in total. The van der Waals surface area contributed by atoms with Crippen LogP contribution in [-0.2, 0) is 0 Å². The van der Waals surface area contributed by atoms with E-state index in [0.717, 1.165) is 11.3 Å². The van der Waals surface area contributed by atoms with Gasteiger partial charge in [-0.15, -0.1) is 0 Å². The summed E-state index contributed by atoms with van der Waals surface area (Å²) in [5.74, 6) is 0.185. The molecule has 1 amide bonds. The highest BCUT2D eigenvalue weighted by atomic mass is 79.9. The molecule has 1 unspecified atom stereocenters. The van der Waals surface area contributed by atoms with Gasteiger partial charge in [-0.05, 0) is 57.7 Å². The van der Waals surface area contributed by atoms with E-state index < -0.39 is 5.82 Å². The lowest BCUT2D eigenvalue weighted by molar-refractivity contribution is 0.0924. The Kier molecular flexibility index (Phi) is 5.77. The highest BCUT2D eigenvalue weighted by Gasteiger charge is 2.20. The summed E-state index contributed by atoms with van der Waals surface area (Å²) < 4.78 is 19.1. The van der Waals surface area contributed by atoms with Gasteiger partial charge in [0, 0.05) is 4.47 Å². The molecule has 0 aliphatic heterocycles. The average Bonchev–Trinajstić information content (AvgIpc) is 2.54. The van der Waals surface area contributed by atoms with Crippen molar-refractivity contribution in [2.75, 3.05) is 7.11 Å². The van der Waals surface area contributed by atoms with Gasteiger partial charge in [-0.2, -0.15) is 0 Å². The number of carbonyl (C=O) groups excluding carboxylic acids is 1. The number of carbonyl (C=O) groups is 1. The second-order valence-corrected chi connectivity index (χ2v) is 6.45. The predicted molar refractivity (Wildman–Crippen MR) is 92.1 cm³/mol. The van der Waals surface area contributed by atoms with E-state index in [0.29, 0.717) is 4.47 Å². The number of hydrogen-bond donors (Lipinski definition) is 1. The molecule has 0 radical (unpaired) electrons. The topological polar surface area (TPSA) is 38.3 Å². The summed E-state index contributed by atoms with van der Waals surface area (Å²) in [5.41, 5.74) is 1.26. The molecule has 0 saturated heterocycles. The molecule has 0 heterocycles. The number of nitrogens with one attached hydrogen (secondary N) is 1. The molecule has 0 spiro atoms. The van der Waals surface area contributed by atoms with Crippen molar-refractivity contribution >= 4 is 21.8 Å². The molecule has 0 aromatic heterocycles. The van der Waals surface area contributed by atoms with E-state index in [2.05, 4.69) is 21.2 Å². The lowest BCUT2D eigenvalue weighted by atomic mass is 9.95. The molecule has 1 atom stereocenters. The summed E-state index contributed by atoms with van der Waals surface area (Å²) in [6, 6.07) is 11.4. The summed E-state index contributed by atoms with van der Waals surface area (Å²) in [4.78, 5) is 12.5. The normalized spacial score (nSPS) is 12.1. The van der Waals surface area contributed by atoms with Gasteiger partial charge in [-0.3, -0.25) is 4.79 Å². The third-order valence-corrected chi connectivity index (χ3v) is 4.29. The summed E-state index contributed by atoms with van der Waals surface area (Å²) in [5, 5.41) is 2.98. The van der Waals surface area contributed by atoms with Crippen LogP contribution in [0.5, 0.6) is 5.75 Å². The molecule has 23 heavy (non-hydrogen) atoms. The predicted octanol–water partition coefficient (Wildman–Crippen LogP) is 4.72. The van der Waals surface area contributed by atoms with Crippen molar-refractivity contribution in [2.45, 2.75) is 19.9 Å². The van der Waals surface area contributed by atoms with Gasteiger partial charge < -0.3 is 10.1 Å². The third-order valence-electron chi connectivity index (χ3n) is 3.60. The monoisotopic (exact) mass is 379 g/mol. The van der Waals surface area contributed by atoms with Crippen molar-refractivity contribution in [3.05, 3.63) is 63.9 Å². The number of ether oxygens (including phenoxy) is 1. The van der Waals surface area contributed by atoms with E-state index in [9.17, 15) is 9.18 Å². The molecular formula is C18H19BrFNO2. The standard InChI is InChI=1S/C18H19BrFNO2/c1-11(2)17(12-4-7-14(23-3)8-5-12)21-18(22)15-10-13(20)6-9-16(15)19/h4-11,17H,1-3H3,(H,21,22). The van der Waals surface area contributed by atoms with E-state index >= 15 is 0 Å². The van der Waals surface area contributed by atoms with Crippen molar-refractivity contribution in [3.63, 3.8) is 0 Å². The van der Waals surface area contributed by atoms with Crippen LogP contribution < -0.4 is 10.1 Å². The van der Waals surface area contributed by atoms with Crippen LogP contribution in [0.15, 0.2) is 46.9 Å². The molecule has 2 aromatic carbocycles. The smallest absolute Gasteiger partial charge is 0.253 e. The van der Waals surface area contributed by atoms with Crippen LogP contribution in [0.3, 0.4) is 0 Å². The summed E-state index contributed by atoms with van der Waals surface area (Å²) in [6.45, 7) is 4.05. The first-order valence-electron chi connectivity index (χ1n) is 7.32. The van der Waals surface area contributed by atoms with Gasteiger partial charge >= 0.3 is 0 Å². The zero-order valence-electron chi connectivity index (χ0n) is 13.3. The van der Waals surface area contributed by atoms with Gasteiger partial charge in [0.2, 0.25) is 0 Å². The summed E-state index contributed by atoms with van der Waals surface area (Å²) in [6.07, 6.45) is 0. The number of hydrogen-bond acceptors (Lipinski definition) is 2. The van der Waals surface area contributed by atoms with Gasteiger partial charge in [-0.25, -0.2) is 4.39 Å². The number of benzene rings is 2. The Morgan fingerprint density at radius 3 is 2.39 bits per heavy atom. The first-order valence-corrected chi connectivity index (χ1v) is 8.11. The van der Waals surface area contributed by atoms with Gasteiger partial charge in [-0.1, -0.05) is 26.0 Å². The average molecular weight is 380 g/mol. The maximum Gasteiger partial charge on any atom is 0.253 e. The SMILES string of the molecule is COc1ccc(C(NC(=O)c2cc(F)ccc2Br)C(C)C)cc1. The zero-order chi connectivity index (χ0) is 17.0. The highest BCUT2D eigenvalue weighted by Crippen LogP contribution is 2.25. The van der Waals surface area contributed by atoms with Crippen molar-refractivity contribution in [3.8, 4) is 5.75 Å². The number of halogens is 2. The molecule has 0 fully saturated rings. The number of rotatable bonds is 5. The minimum Gasteiger partial charge on any atom is -0.497 e. The Labute approximate surface area is 144 Å². The van der Waals surface area contributed by atoms with Crippen LogP contribution in [0.2, 0.25) is 0 Å². The lowest BCUT2D eigenvalue weighted by Crippen LogP contribution is -2.32. The minimum absolute atomic E-state index is 0.177. The van der Waals surface area contributed by atoms with Crippen LogP contribution in [0.25, 0.3) is 0 Å². The first kappa shape index (κ1) is 17.5. The lowest BCUT2D eigenvalue weighted by Gasteiger charge is -2.23. The Bertz CT molecular complexity index is 686. The number of methoxy groups -OCH3 is 1. The molecule has 0 aliphatic carbocycles. The van der Waals surface area contributed by atoms with Crippen LogP contribution in [0, 0.1) is 11.7 Å². The molecule has 0 saturated carbocycles. The Balaban J connectivity index is 2.24. The Morgan fingerprint density at radius 1 is 1.17 bits per heavy atom. The molecule has 5 heteroatoms. The van der Waals surface area contributed by atoms with Crippen molar-refractivity contribution in [2.24, 2.45) is 5.92 Å². The minimum atomic E-state index is -0.441. The maximum absolute atomic E-state index is 13.4. The molecule has 2 rings (SSSR count). The van der Waals surface area contributed by atoms with Gasteiger partial charge in [0.05, 0.1) is 18.7 Å². The first-order chi connectivity index (χ1) is 10.9. The van der Waals surface area contributed by atoms with Gasteiger partial charge in [0.15, 0.2) is 0 Å². The van der Waals surface area contributed by atoms with Crippen molar-refractivity contribution in [1.82, 2.24) is 5.32 Å². The molecule has 2 aromatic rings. The van der Waals surface area contributed by atoms with Crippen LogP contribution in [0.1, 0.15) is 35.8 Å². The zero-order valence-corrected chi connectivity index (χ0v) is 14.9. The Morgan fingerprint density at radius 2 is 1.83 bits per heavy atom.